The summed E-state index contributed by atoms with van der Waals surface area (Å²) in [6.45, 7) is 2.27. The number of halogens is 2. The molecule has 0 bridgehead atoms. The average molecular weight is 491 g/mol. The molecule has 1 unspecified atom stereocenters. The van der Waals surface area contributed by atoms with E-state index >= 15 is 0 Å². The Morgan fingerprint density at radius 1 is 1.21 bits per heavy atom. The highest BCUT2D eigenvalue weighted by Crippen LogP contribution is 2.24. The fourth-order valence-electron chi connectivity index (χ4n) is 3.09. The summed E-state index contributed by atoms with van der Waals surface area (Å²) in [4.78, 5) is 38.0. The molecule has 34 heavy (non-hydrogen) atoms. The molecule has 0 spiro atoms. The van der Waals surface area contributed by atoms with Crippen molar-refractivity contribution in [3.8, 4) is 24.2 Å². The maximum Gasteiger partial charge on any atom is 0.302 e. The molecule has 0 radical (unpaired) electrons. The first kappa shape index (κ1) is 26.4. The third-order valence-electron chi connectivity index (χ3n) is 4.54. The minimum absolute atomic E-state index is 0.0207. The largest absolute Gasteiger partial charge is 0.338 e. The SMILES string of the molecule is C#CCn1c(C)c(C(=O)C(=O)NCC#CCOS(=O)O)c(C)c1C(=O)Nc1ccc(F)c(F)c1. The molecule has 0 saturated carbocycles. The van der Waals surface area contributed by atoms with Gasteiger partial charge in [0.2, 0.25) is 0 Å². The molecule has 1 heterocycles. The molecular weight excluding hydrogens is 472 g/mol. The molecule has 3 N–H and O–H groups in total. The number of terminal acetylenes is 1. The Labute approximate surface area is 196 Å². The van der Waals surface area contributed by atoms with E-state index in [0.717, 1.165) is 18.2 Å². The Bertz CT molecular complexity index is 1270. The summed E-state index contributed by atoms with van der Waals surface area (Å²) in [6, 6.07) is 2.81. The van der Waals surface area contributed by atoms with E-state index in [2.05, 4.69) is 32.6 Å². The van der Waals surface area contributed by atoms with Gasteiger partial charge in [-0.1, -0.05) is 17.8 Å². The molecule has 178 valence electrons. The first-order chi connectivity index (χ1) is 16.1. The van der Waals surface area contributed by atoms with Gasteiger partial charge in [0, 0.05) is 17.4 Å². The van der Waals surface area contributed by atoms with Crippen LogP contribution in [-0.2, 0) is 26.9 Å². The number of hydrogen-bond donors (Lipinski definition) is 3. The minimum Gasteiger partial charge on any atom is -0.338 e. The minimum atomic E-state index is -2.47. The smallest absolute Gasteiger partial charge is 0.302 e. The van der Waals surface area contributed by atoms with Crippen molar-refractivity contribution in [1.82, 2.24) is 9.88 Å². The van der Waals surface area contributed by atoms with Gasteiger partial charge in [0.05, 0.1) is 18.7 Å². The van der Waals surface area contributed by atoms with E-state index in [4.69, 9.17) is 11.0 Å². The van der Waals surface area contributed by atoms with Crippen LogP contribution in [0.5, 0.6) is 0 Å². The predicted molar refractivity (Wildman–Crippen MR) is 119 cm³/mol. The van der Waals surface area contributed by atoms with Crippen molar-refractivity contribution < 1.29 is 36.1 Å². The summed E-state index contributed by atoms with van der Waals surface area (Å²) in [5.41, 5.74) is 0.335. The molecule has 2 rings (SSSR count). The number of amides is 2. The van der Waals surface area contributed by atoms with E-state index < -0.39 is 40.6 Å². The molecule has 0 aliphatic carbocycles. The second-order valence-corrected chi connectivity index (χ2v) is 7.32. The highest BCUT2D eigenvalue weighted by molar-refractivity contribution is 7.74. The van der Waals surface area contributed by atoms with Gasteiger partial charge < -0.3 is 15.2 Å². The molecule has 1 aromatic heterocycles. The first-order valence-corrected chi connectivity index (χ1v) is 10.5. The Balaban J connectivity index is 2.27. The summed E-state index contributed by atoms with van der Waals surface area (Å²) in [7, 11) is 0. The normalized spacial score (nSPS) is 11.1. The van der Waals surface area contributed by atoms with Crippen LogP contribution >= 0.6 is 0 Å². The van der Waals surface area contributed by atoms with Crippen molar-refractivity contribution in [2.24, 2.45) is 0 Å². The van der Waals surface area contributed by atoms with Gasteiger partial charge in [-0.05, 0) is 31.5 Å². The topological polar surface area (TPSA) is 127 Å². The van der Waals surface area contributed by atoms with Crippen molar-refractivity contribution in [2.45, 2.75) is 20.4 Å². The van der Waals surface area contributed by atoms with Crippen LogP contribution in [0, 0.1) is 49.7 Å². The standard InChI is InChI=1S/C22H19F2N3O6S/c1-4-10-27-14(3)18(20(28)22(30)25-9-5-6-11-33-34(31)32)13(2)19(27)21(29)26-15-7-8-16(23)17(24)12-15/h1,7-8,12H,9-11H2,2-3H3,(H,25,30)(H,26,29)(H,31,32). The van der Waals surface area contributed by atoms with Gasteiger partial charge in [0.1, 0.15) is 12.3 Å². The Kier molecular flexibility index (Phi) is 9.21. The van der Waals surface area contributed by atoms with E-state index in [0.29, 0.717) is 0 Å². The van der Waals surface area contributed by atoms with Crippen molar-refractivity contribution in [1.29, 1.82) is 0 Å². The quantitative estimate of drug-likeness (QED) is 0.223. The van der Waals surface area contributed by atoms with E-state index in [1.807, 2.05) is 0 Å². The number of Topliss-reactive ketones (excluding diaryl/α,β-unsaturated/α-hetero) is 1. The molecule has 0 aliphatic rings. The molecule has 0 fully saturated rings. The van der Waals surface area contributed by atoms with Gasteiger partial charge in [-0.2, -0.15) is 4.21 Å². The number of nitrogens with one attached hydrogen (secondary N) is 2. The molecular formula is C22H19F2N3O6S. The van der Waals surface area contributed by atoms with E-state index in [1.54, 1.807) is 0 Å². The van der Waals surface area contributed by atoms with Gasteiger partial charge >= 0.3 is 11.4 Å². The van der Waals surface area contributed by atoms with Crippen molar-refractivity contribution >= 4 is 34.6 Å². The number of carbonyl (C=O) groups is 3. The maximum absolute atomic E-state index is 13.5. The van der Waals surface area contributed by atoms with Crippen molar-refractivity contribution in [3.63, 3.8) is 0 Å². The lowest BCUT2D eigenvalue weighted by molar-refractivity contribution is -0.116. The lowest BCUT2D eigenvalue weighted by Gasteiger charge is -2.10. The second kappa shape index (κ2) is 11.9. The van der Waals surface area contributed by atoms with E-state index in [-0.39, 0.29) is 47.9 Å². The summed E-state index contributed by atoms with van der Waals surface area (Å²) in [5, 5.41) is 4.70. The van der Waals surface area contributed by atoms with Crippen LogP contribution in [-0.4, -0.2) is 44.1 Å². The molecule has 12 heteroatoms. The van der Waals surface area contributed by atoms with E-state index in [1.165, 1.54) is 18.4 Å². The summed E-state index contributed by atoms with van der Waals surface area (Å²) < 4.78 is 51.1. The fourth-order valence-corrected chi connectivity index (χ4v) is 3.25. The van der Waals surface area contributed by atoms with Gasteiger partial charge in [-0.15, -0.1) is 6.42 Å². The molecule has 1 aromatic carbocycles. The molecule has 0 saturated heterocycles. The number of rotatable bonds is 8. The van der Waals surface area contributed by atoms with Crippen molar-refractivity contribution in [2.75, 3.05) is 18.5 Å². The van der Waals surface area contributed by atoms with Gasteiger partial charge in [0.25, 0.3) is 17.6 Å². The molecule has 1 atom stereocenters. The van der Waals surface area contributed by atoms with Crippen LogP contribution in [0.4, 0.5) is 14.5 Å². The predicted octanol–water partition coefficient (Wildman–Crippen LogP) is 1.72. The lowest BCUT2D eigenvalue weighted by Crippen LogP contribution is -2.32. The Morgan fingerprint density at radius 2 is 1.91 bits per heavy atom. The number of carbonyl (C=O) groups excluding carboxylic acids is 3. The summed E-state index contributed by atoms with van der Waals surface area (Å²) >= 11 is -2.47. The number of benzene rings is 1. The van der Waals surface area contributed by atoms with Gasteiger partial charge in [-0.3, -0.25) is 23.1 Å². The number of anilines is 1. The van der Waals surface area contributed by atoms with Crippen LogP contribution in [0.25, 0.3) is 0 Å². The molecule has 2 amide bonds. The zero-order chi connectivity index (χ0) is 25.4. The van der Waals surface area contributed by atoms with E-state index in [9.17, 15) is 27.4 Å². The maximum atomic E-state index is 13.5. The highest BCUT2D eigenvalue weighted by atomic mass is 32.2. The number of nitrogens with zero attached hydrogens (tertiary/aromatic N) is 1. The third-order valence-corrected chi connectivity index (χ3v) is 4.86. The van der Waals surface area contributed by atoms with Crippen LogP contribution in [0.15, 0.2) is 18.2 Å². The molecule has 0 aliphatic heterocycles. The second-order valence-electron chi connectivity index (χ2n) is 6.65. The average Bonchev–Trinajstić information content (AvgIpc) is 3.02. The zero-order valence-electron chi connectivity index (χ0n) is 18.0. The number of hydrogen-bond acceptors (Lipinski definition) is 5. The van der Waals surface area contributed by atoms with Crippen molar-refractivity contribution in [3.05, 3.63) is 52.3 Å². The van der Waals surface area contributed by atoms with Crippen LogP contribution in [0.2, 0.25) is 0 Å². The zero-order valence-corrected chi connectivity index (χ0v) is 18.8. The van der Waals surface area contributed by atoms with Crippen LogP contribution < -0.4 is 10.6 Å². The number of ketones is 1. The van der Waals surface area contributed by atoms with Crippen LogP contribution in [0.1, 0.15) is 32.1 Å². The Morgan fingerprint density at radius 3 is 2.53 bits per heavy atom. The first-order valence-electron chi connectivity index (χ1n) is 9.50. The molecule has 9 nitrogen and oxygen atoms in total. The molecule has 2 aromatic rings. The third kappa shape index (κ3) is 6.36. The van der Waals surface area contributed by atoms with Gasteiger partial charge in [0.15, 0.2) is 11.6 Å². The number of aromatic nitrogens is 1. The van der Waals surface area contributed by atoms with Gasteiger partial charge in [-0.25, -0.2) is 8.78 Å². The summed E-state index contributed by atoms with van der Waals surface area (Å²) in [5.74, 6) is 2.25. The Hall–Kier alpha value is -3.84. The lowest BCUT2D eigenvalue weighted by atomic mass is 10.0. The monoisotopic (exact) mass is 491 g/mol. The fraction of sp³-hybridized carbons (Fsp3) is 0.227. The summed E-state index contributed by atoms with van der Waals surface area (Å²) in [6.07, 6.45) is 5.39. The van der Waals surface area contributed by atoms with Crippen LogP contribution in [0.3, 0.4) is 0 Å². The highest BCUT2D eigenvalue weighted by Gasteiger charge is 2.29.